The minimum Gasteiger partial charge on any atom is -0.461 e. The molecule has 1 aliphatic carbocycles. The smallest absolute Gasteiger partial charge is 0.334 e. The maximum atomic E-state index is 12.0. The van der Waals surface area contributed by atoms with Gasteiger partial charge in [-0.1, -0.05) is 12.7 Å². The SMILES string of the molecule is C=C1C(=O)O[C@@H]2/C=C(\COC(C)=O)CC/C=C(\C)[C@@H](OC(C)=O)C[C@@H]12. The number of fused-ring (bicyclic) bond motifs is 1. The summed E-state index contributed by atoms with van der Waals surface area (Å²) in [6.45, 7) is 8.63. The molecule has 0 radical (unpaired) electrons. The molecule has 0 bridgehead atoms. The van der Waals surface area contributed by atoms with Crippen molar-refractivity contribution >= 4 is 17.9 Å². The number of ether oxygens (including phenoxy) is 3. The molecular weight excluding hydrogens is 324 g/mol. The van der Waals surface area contributed by atoms with Crippen LogP contribution >= 0.6 is 0 Å². The fourth-order valence-electron chi connectivity index (χ4n) is 3.06. The molecule has 1 fully saturated rings. The molecule has 1 saturated heterocycles. The molecule has 0 unspecified atom stereocenters. The van der Waals surface area contributed by atoms with Crippen LogP contribution in [0.25, 0.3) is 0 Å². The highest BCUT2D eigenvalue weighted by Gasteiger charge is 2.40. The van der Waals surface area contributed by atoms with Crippen LogP contribution in [0.2, 0.25) is 0 Å². The van der Waals surface area contributed by atoms with Crippen LogP contribution in [0.15, 0.2) is 35.5 Å². The number of carbonyl (C=O) groups is 3. The Hall–Kier alpha value is -2.37. The lowest BCUT2D eigenvalue weighted by molar-refractivity contribution is -0.145. The lowest BCUT2D eigenvalue weighted by atomic mass is 9.86. The van der Waals surface area contributed by atoms with E-state index in [-0.39, 0.29) is 24.5 Å². The number of allylic oxidation sites excluding steroid dienone is 1. The van der Waals surface area contributed by atoms with Crippen LogP contribution in [0, 0.1) is 5.92 Å². The van der Waals surface area contributed by atoms with E-state index < -0.39 is 18.2 Å². The van der Waals surface area contributed by atoms with E-state index >= 15 is 0 Å². The summed E-state index contributed by atoms with van der Waals surface area (Å²) >= 11 is 0. The van der Waals surface area contributed by atoms with E-state index in [0.29, 0.717) is 24.8 Å². The Morgan fingerprint density at radius 3 is 2.68 bits per heavy atom. The molecule has 0 aromatic carbocycles. The molecule has 2 aliphatic rings. The van der Waals surface area contributed by atoms with Gasteiger partial charge in [0, 0.05) is 25.3 Å². The quantitative estimate of drug-likeness (QED) is 0.338. The van der Waals surface area contributed by atoms with Gasteiger partial charge in [0.25, 0.3) is 0 Å². The van der Waals surface area contributed by atoms with Crippen molar-refractivity contribution in [3.05, 3.63) is 35.5 Å². The highest BCUT2D eigenvalue weighted by molar-refractivity contribution is 5.91. The summed E-state index contributed by atoms with van der Waals surface area (Å²) in [6.07, 6.45) is 4.73. The first-order valence-corrected chi connectivity index (χ1v) is 8.34. The molecule has 0 aromatic rings. The standard InChI is InChI=1S/C19H24O6/c1-11-6-5-7-15(10-23-13(3)20)8-18-16(12(2)19(22)25-18)9-17(11)24-14(4)21/h6,8,16-18H,2,5,7,9-10H2,1,3-4H3/b11-6+,15-8-/t16-,17-,18+/m0/s1. The van der Waals surface area contributed by atoms with E-state index in [2.05, 4.69) is 6.58 Å². The van der Waals surface area contributed by atoms with Crippen molar-refractivity contribution in [2.75, 3.05) is 6.61 Å². The van der Waals surface area contributed by atoms with Crippen LogP contribution in [0.3, 0.4) is 0 Å². The molecule has 1 aliphatic heterocycles. The number of hydrogen-bond donors (Lipinski definition) is 0. The van der Waals surface area contributed by atoms with Crippen LogP contribution in [0.1, 0.15) is 40.0 Å². The fraction of sp³-hybridized carbons (Fsp3) is 0.526. The number of rotatable bonds is 3. The van der Waals surface area contributed by atoms with Crippen molar-refractivity contribution in [3.8, 4) is 0 Å². The van der Waals surface area contributed by atoms with Crippen molar-refractivity contribution in [1.29, 1.82) is 0 Å². The van der Waals surface area contributed by atoms with Gasteiger partial charge in [0.1, 0.15) is 18.8 Å². The largest absolute Gasteiger partial charge is 0.461 e. The third-order valence-corrected chi connectivity index (χ3v) is 4.43. The van der Waals surface area contributed by atoms with Crippen LogP contribution in [-0.2, 0) is 28.6 Å². The predicted octanol–water partition coefficient (Wildman–Crippen LogP) is 2.64. The molecule has 0 N–H and O–H groups in total. The zero-order chi connectivity index (χ0) is 18.6. The summed E-state index contributed by atoms with van der Waals surface area (Å²) in [5.74, 6) is -1.46. The predicted molar refractivity (Wildman–Crippen MR) is 90.4 cm³/mol. The summed E-state index contributed by atoms with van der Waals surface area (Å²) in [5.41, 5.74) is 2.19. The monoisotopic (exact) mass is 348 g/mol. The number of hydrogen-bond acceptors (Lipinski definition) is 6. The summed E-state index contributed by atoms with van der Waals surface area (Å²) in [6, 6.07) is 0. The van der Waals surface area contributed by atoms with E-state index in [1.807, 2.05) is 19.1 Å². The first kappa shape index (κ1) is 19.0. The van der Waals surface area contributed by atoms with Gasteiger partial charge in [-0.05, 0) is 43.4 Å². The van der Waals surface area contributed by atoms with Gasteiger partial charge in [-0.15, -0.1) is 0 Å². The molecule has 0 spiro atoms. The highest BCUT2D eigenvalue weighted by atomic mass is 16.6. The van der Waals surface area contributed by atoms with E-state index in [1.54, 1.807) is 0 Å². The van der Waals surface area contributed by atoms with Crippen LogP contribution in [0.4, 0.5) is 0 Å². The Labute approximate surface area is 147 Å². The highest BCUT2D eigenvalue weighted by Crippen LogP contribution is 2.35. The molecule has 0 saturated carbocycles. The molecule has 6 heteroatoms. The Kier molecular flexibility index (Phi) is 6.17. The van der Waals surface area contributed by atoms with Crippen molar-refractivity contribution in [2.24, 2.45) is 5.92 Å². The van der Waals surface area contributed by atoms with Gasteiger partial charge >= 0.3 is 17.9 Å². The molecule has 0 aromatic heterocycles. The normalized spacial score (nSPS) is 30.9. The topological polar surface area (TPSA) is 78.9 Å². The van der Waals surface area contributed by atoms with Crippen molar-refractivity contribution in [1.82, 2.24) is 0 Å². The molecular formula is C19H24O6. The maximum absolute atomic E-state index is 12.0. The van der Waals surface area contributed by atoms with Crippen molar-refractivity contribution in [2.45, 2.75) is 52.2 Å². The Morgan fingerprint density at radius 1 is 1.32 bits per heavy atom. The molecule has 136 valence electrons. The molecule has 1 heterocycles. The summed E-state index contributed by atoms with van der Waals surface area (Å²) < 4.78 is 15.9. The average Bonchev–Trinajstić information content (AvgIpc) is 2.78. The zero-order valence-corrected chi connectivity index (χ0v) is 14.9. The Morgan fingerprint density at radius 2 is 2.04 bits per heavy atom. The molecule has 0 amide bonds. The van der Waals surface area contributed by atoms with Crippen molar-refractivity contribution < 1.29 is 28.6 Å². The maximum Gasteiger partial charge on any atom is 0.334 e. The van der Waals surface area contributed by atoms with Crippen LogP contribution < -0.4 is 0 Å². The lowest BCUT2D eigenvalue weighted by Crippen LogP contribution is -2.26. The third kappa shape index (κ3) is 5.05. The Bertz CT molecular complexity index is 642. The van der Waals surface area contributed by atoms with Gasteiger partial charge in [-0.2, -0.15) is 0 Å². The minimum absolute atomic E-state index is 0.169. The summed E-state index contributed by atoms with van der Waals surface area (Å²) in [7, 11) is 0. The van der Waals surface area contributed by atoms with E-state index in [4.69, 9.17) is 14.2 Å². The van der Waals surface area contributed by atoms with Crippen LogP contribution in [0.5, 0.6) is 0 Å². The molecule has 3 atom stereocenters. The second-order valence-corrected chi connectivity index (χ2v) is 6.43. The lowest BCUT2D eigenvalue weighted by Gasteiger charge is -2.25. The fourth-order valence-corrected chi connectivity index (χ4v) is 3.06. The van der Waals surface area contributed by atoms with E-state index in [0.717, 1.165) is 11.1 Å². The van der Waals surface area contributed by atoms with Gasteiger partial charge in [0.05, 0.1) is 0 Å². The van der Waals surface area contributed by atoms with Gasteiger partial charge in [0.2, 0.25) is 0 Å². The molecule has 2 rings (SSSR count). The Balaban J connectivity index is 2.30. The minimum atomic E-state index is -0.491. The third-order valence-electron chi connectivity index (χ3n) is 4.43. The van der Waals surface area contributed by atoms with Gasteiger partial charge in [0.15, 0.2) is 0 Å². The first-order chi connectivity index (χ1) is 11.8. The van der Waals surface area contributed by atoms with Gasteiger partial charge in [-0.3, -0.25) is 9.59 Å². The van der Waals surface area contributed by atoms with Gasteiger partial charge in [-0.25, -0.2) is 4.79 Å². The first-order valence-electron chi connectivity index (χ1n) is 8.34. The van der Waals surface area contributed by atoms with E-state index in [9.17, 15) is 14.4 Å². The summed E-state index contributed by atoms with van der Waals surface area (Å²) in [5, 5.41) is 0. The van der Waals surface area contributed by atoms with Gasteiger partial charge < -0.3 is 14.2 Å². The summed E-state index contributed by atoms with van der Waals surface area (Å²) in [4.78, 5) is 34.5. The van der Waals surface area contributed by atoms with Crippen molar-refractivity contribution in [3.63, 3.8) is 0 Å². The second-order valence-electron chi connectivity index (χ2n) is 6.43. The molecule has 6 nitrogen and oxygen atoms in total. The number of carbonyl (C=O) groups excluding carboxylic acids is 3. The zero-order valence-electron chi connectivity index (χ0n) is 14.9. The average molecular weight is 348 g/mol. The molecule has 25 heavy (non-hydrogen) atoms. The van der Waals surface area contributed by atoms with E-state index in [1.165, 1.54) is 13.8 Å². The van der Waals surface area contributed by atoms with Crippen LogP contribution in [-0.4, -0.2) is 36.7 Å². The number of esters is 3. The second kappa shape index (κ2) is 8.14.